The summed E-state index contributed by atoms with van der Waals surface area (Å²) in [6, 6.07) is 10.1. The molecule has 2 N–H and O–H groups in total. The molecule has 3 rings (SSSR count). The Kier molecular flexibility index (Phi) is 7.70. The lowest BCUT2D eigenvalue weighted by molar-refractivity contribution is 0.0826. The van der Waals surface area contributed by atoms with Crippen LogP contribution in [0.1, 0.15) is 38.6 Å². The summed E-state index contributed by atoms with van der Waals surface area (Å²) in [5, 5.41) is 6.20. The average molecular weight is 424 g/mol. The summed E-state index contributed by atoms with van der Waals surface area (Å²) in [4.78, 5) is 26.1. The molecule has 156 valence electrons. The third kappa shape index (κ3) is 5.31. The lowest BCUT2D eigenvalue weighted by atomic mass is 9.85. The molecule has 2 aromatic rings. The summed E-state index contributed by atoms with van der Waals surface area (Å²) in [5.74, 6) is -2.30. The van der Waals surface area contributed by atoms with Gasteiger partial charge in [-0.1, -0.05) is 6.07 Å². The van der Waals surface area contributed by atoms with Crippen molar-refractivity contribution in [2.75, 3.05) is 27.2 Å². The van der Waals surface area contributed by atoms with Crippen molar-refractivity contribution in [3.8, 4) is 0 Å². The van der Waals surface area contributed by atoms with E-state index < -0.39 is 11.6 Å². The maximum absolute atomic E-state index is 13.6. The topological polar surface area (TPSA) is 61.4 Å². The molecule has 1 fully saturated rings. The van der Waals surface area contributed by atoms with Crippen molar-refractivity contribution in [3.63, 3.8) is 0 Å². The summed E-state index contributed by atoms with van der Waals surface area (Å²) < 4.78 is 26.9. The quantitative estimate of drug-likeness (QED) is 0.794. The third-order valence-corrected chi connectivity index (χ3v) is 4.97. The molecule has 8 heteroatoms. The molecular formula is C21H24ClF2N3O2. The lowest BCUT2D eigenvalue weighted by Crippen LogP contribution is -2.50. The normalized spacial score (nSPS) is 18.5. The molecule has 2 unspecified atom stereocenters. The van der Waals surface area contributed by atoms with Gasteiger partial charge in [0.15, 0.2) is 11.6 Å². The zero-order valence-corrected chi connectivity index (χ0v) is 17.1. The number of carbonyl (C=O) groups is 2. The fourth-order valence-electron chi connectivity index (χ4n) is 3.43. The molecule has 5 nitrogen and oxygen atoms in total. The van der Waals surface area contributed by atoms with Gasteiger partial charge in [0, 0.05) is 43.7 Å². The number of carbonyl (C=O) groups excluding carboxylic acids is 2. The summed E-state index contributed by atoms with van der Waals surface area (Å²) >= 11 is 0. The van der Waals surface area contributed by atoms with Gasteiger partial charge in [0.1, 0.15) is 0 Å². The van der Waals surface area contributed by atoms with Crippen LogP contribution < -0.4 is 10.6 Å². The first-order chi connectivity index (χ1) is 13.4. The fourth-order valence-corrected chi connectivity index (χ4v) is 3.43. The van der Waals surface area contributed by atoms with Gasteiger partial charge in [0.05, 0.1) is 0 Å². The number of rotatable bonds is 4. The smallest absolute Gasteiger partial charge is 0.253 e. The van der Waals surface area contributed by atoms with Crippen LogP contribution in [0, 0.1) is 11.6 Å². The van der Waals surface area contributed by atoms with Crippen molar-refractivity contribution in [1.82, 2.24) is 15.5 Å². The maximum atomic E-state index is 13.6. The molecule has 1 aliphatic rings. The van der Waals surface area contributed by atoms with Crippen LogP contribution in [0.5, 0.6) is 0 Å². The minimum Gasteiger partial charge on any atom is -0.347 e. The molecule has 0 aromatic heterocycles. The van der Waals surface area contributed by atoms with Crippen LogP contribution >= 0.6 is 12.4 Å². The highest BCUT2D eigenvalue weighted by atomic mass is 35.5. The number of benzene rings is 2. The maximum Gasteiger partial charge on any atom is 0.253 e. The minimum atomic E-state index is -0.887. The summed E-state index contributed by atoms with van der Waals surface area (Å²) in [6.07, 6.45) is 0.701. The Balaban J connectivity index is 0.00000300. The molecule has 0 saturated carbocycles. The zero-order valence-electron chi connectivity index (χ0n) is 16.2. The van der Waals surface area contributed by atoms with E-state index in [-0.39, 0.29) is 36.2 Å². The second-order valence-electron chi connectivity index (χ2n) is 7.13. The Labute approximate surface area is 174 Å². The third-order valence-electron chi connectivity index (χ3n) is 4.97. The predicted octanol–water partition coefficient (Wildman–Crippen LogP) is 2.96. The number of amides is 2. The molecule has 1 heterocycles. The Morgan fingerprint density at radius 1 is 1.03 bits per heavy atom. The van der Waals surface area contributed by atoms with E-state index in [2.05, 4.69) is 10.6 Å². The van der Waals surface area contributed by atoms with Gasteiger partial charge in [-0.15, -0.1) is 12.4 Å². The average Bonchev–Trinajstić information content (AvgIpc) is 2.70. The van der Waals surface area contributed by atoms with E-state index >= 15 is 0 Å². The van der Waals surface area contributed by atoms with E-state index in [4.69, 9.17) is 0 Å². The van der Waals surface area contributed by atoms with Crippen LogP contribution in [-0.2, 0) is 0 Å². The number of halogens is 3. The first-order valence-corrected chi connectivity index (χ1v) is 9.15. The summed E-state index contributed by atoms with van der Waals surface area (Å²) in [6.45, 7) is 1.27. The minimum absolute atomic E-state index is 0. The fraction of sp³-hybridized carbons (Fsp3) is 0.333. The molecule has 2 amide bonds. The highest BCUT2D eigenvalue weighted by Crippen LogP contribution is 2.27. The summed E-state index contributed by atoms with van der Waals surface area (Å²) in [7, 11) is 3.33. The highest BCUT2D eigenvalue weighted by molar-refractivity contribution is 5.97. The summed E-state index contributed by atoms with van der Waals surface area (Å²) in [5.41, 5.74) is 1.60. The first kappa shape index (κ1) is 22.8. The standard InChI is InChI=1S/C21H23F2N3O2.ClH/c1-26(2)21(28)14-5-3-13(4-6-14)20(27)25-19-12-24-10-9-16(19)15-7-8-17(22)18(23)11-15;/h3-8,11,16,19,24H,9-10,12H2,1-2H3,(H,25,27);1H. The van der Waals surface area contributed by atoms with Gasteiger partial charge in [-0.05, 0) is 54.9 Å². The van der Waals surface area contributed by atoms with Gasteiger partial charge < -0.3 is 15.5 Å². The molecule has 0 spiro atoms. The van der Waals surface area contributed by atoms with Crippen LogP contribution in [0.15, 0.2) is 42.5 Å². The Hall–Kier alpha value is -2.51. The van der Waals surface area contributed by atoms with Gasteiger partial charge in [-0.3, -0.25) is 9.59 Å². The number of hydrogen-bond donors (Lipinski definition) is 2. The van der Waals surface area contributed by atoms with Crippen LogP contribution in [0.3, 0.4) is 0 Å². The molecule has 1 saturated heterocycles. The molecular weight excluding hydrogens is 400 g/mol. The van der Waals surface area contributed by atoms with Crippen LogP contribution in [-0.4, -0.2) is 49.9 Å². The lowest BCUT2D eigenvalue weighted by Gasteiger charge is -2.33. The van der Waals surface area contributed by atoms with Crippen molar-refractivity contribution in [3.05, 3.63) is 70.8 Å². The van der Waals surface area contributed by atoms with Gasteiger partial charge in [0.2, 0.25) is 0 Å². The second kappa shape index (κ2) is 9.80. The molecule has 0 bridgehead atoms. The van der Waals surface area contributed by atoms with E-state index in [0.29, 0.717) is 29.7 Å². The van der Waals surface area contributed by atoms with Crippen molar-refractivity contribution in [1.29, 1.82) is 0 Å². The van der Waals surface area contributed by atoms with Crippen LogP contribution in [0.25, 0.3) is 0 Å². The molecule has 0 radical (unpaired) electrons. The van der Waals surface area contributed by atoms with Crippen LogP contribution in [0.4, 0.5) is 8.78 Å². The number of hydrogen-bond acceptors (Lipinski definition) is 3. The van der Waals surface area contributed by atoms with Crippen molar-refractivity contribution < 1.29 is 18.4 Å². The zero-order chi connectivity index (χ0) is 20.3. The van der Waals surface area contributed by atoms with E-state index in [1.165, 1.54) is 11.0 Å². The molecule has 2 aromatic carbocycles. The molecule has 0 aliphatic carbocycles. The number of nitrogens with one attached hydrogen (secondary N) is 2. The van der Waals surface area contributed by atoms with E-state index in [1.54, 1.807) is 44.4 Å². The molecule has 1 aliphatic heterocycles. The molecule has 2 atom stereocenters. The van der Waals surface area contributed by atoms with Crippen LogP contribution in [0.2, 0.25) is 0 Å². The molecule has 29 heavy (non-hydrogen) atoms. The Morgan fingerprint density at radius 3 is 2.31 bits per heavy atom. The number of piperidine rings is 1. The van der Waals surface area contributed by atoms with E-state index in [0.717, 1.165) is 12.6 Å². The highest BCUT2D eigenvalue weighted by Gasteiger charge is 2.28. The predicted molar refractivity (Wildman–Crippen MR) is 110 cm³/mol. The number of nitrogens with zero attached hydrogens (tertiary/aromatic N) is 1. The first-order valence-electron chi connectivity index (χ1n) is 9.15. The van der Waals surface area contributed by atoms with Crippen molar-refractivity contribution in [2.45, 2.75) is 18.4 Å². The SMILES string of the molecule is CN(C)C(=O)c1ccc(C(=O)NC2CNCCC2c2ccc(F)c(F)c2)cc1.Cl. The largest absolute Gasteiger partial charge is 0.347 e. The van der Waals surface area contributed by atoms with Crippen molar-refractivity contribution in [2.24, 2.45) is 0 Å². The van der Waals surface area contributed by atoms with E-state index in [9.17, 15) is 18.4 Å². The monoisotopic (exact) mass is 423 g/mol. The van der Waals surface area contributed by atoms with Gasteiger partial charge in [-0.2, -0.15) is 0 Å². The second-order valence-corrected chi connectivity index (χ2v) is 7.13. The Morgan fingerprint density at radius 2 is 1.69 bits per heavy atom. The van der Waals surface area contributed by atoms with Crippen molar-refractivity contribution >= 4 is 24.2 Å². The Bertz CT molecular complexity index is 875. The van der Waals surface area contributed by atoms with Gasteiger partial charge >= 0.3 is 0 Å². The van der Waals surface area contributed by atoms with Gasteiger partial charge in [0.25, 0.3) is 11.8 Å². The van der Waals surface area contributed by atoms with E-state index in [1.807, 2.05) is 0 Å². The van der Waals surface area contributed by atoms with Gasteiger partial charge in [-0.25, -0.2) is 8.78 Å².